The van der Waals surface area contributed by atoms with Crippen molar-refractivity contribution in [3.05, 3.63) is 29.8 Å². The van der Waals surface area contributed by atoms with Crippen molar-refractivity contribution in [3.63, 3.8) is 0 Å². The van der Waals surface area contributed by atoms with Crippen molar-refractivity contribution in [2.24, 2.45) is 0 Å². The monoisotopic (exact) mass is 285 g/mol. The lowest BCUT2D eigenvalue weighted by atomic mass is 10.0. The van der Waals surface area contributed by atoms with E-state index < -0.39 is 12.2 Å². The van der Waals surface area contributed by atoms with Gasteiger partial charge in [0.25, 0.3) is 0 Å². The fraction of sp³-hybridized carbons (Fsp3) is 0.571. The van der Waals surface area contributed by atoms with E-state index in [1.165, 1.54) is 0 Å². The molecule has 19 heavy (non-hydrogen) atoms. The third-order valence-corrected chi connectivity index (χ3v) is 3.90. The molecule has 1 aromatic carbocycles. The fourth-order valence-electron chi connectivity index (χ4n) is 2.31. The van der Waals surface area contributed by atoms with Crippen molar-refractivity contribution < 1.29 is 15.3 Å². The molecule has 1 aromatic rings. The summed E-state index contributed by atoms with van der Waals surface area (Å²) in [5.74, 6) is 0.00688. The molecular weight excluding hydrogens is 266 g/mol. The highest BCUT2D eigenvalue weighted by molar-refractivity contribution is 6.18. The fourth-order valence-corrected chi connectivity index (χ4v) is 2.48. The zero-order chi connectivity index (χ0) is 13.8. The standard InChI is InChI=1S/C14H20ClNO3/c15-9-13(18)14(19)10-1-3-11(4-2-10)16-7-5-12(17)6-8-16/h1-4,12-14,17-19H,5-9H2. The van der Waals surface area contributed by atoms with Gasteiger partial charge in [-0.15, -0.1) is 11.6 Å². The van der Waals surface area contributed by atoms with Gasteiger partial charge in [-0.25, -0.2) is 0 Å². The summed E-state index contributed by atoms with van der Waals surface area (Å²) in [7, 11) is 0. The van der Waals surface area contributed by atoms with Gasteiger partial charge in [-0.1, -0.05) is 12.1 Å². The summed E-state index contributed by atoms with van der Waals surface area (Å²) in [6.45, 7) is 1.68. The maximum Gasteiger partial charge on any atom is 0.106 e. The van der Waals surface area contributed by atoms with Gasteiger partial charge in [-0.05, 0) is 30.5 Å². The van der Waals surface area contributed by atoms with Crippen LogP contribution >= 0.6 is 11.6 Å². The Labute approximate surface area is 118 Å². The largest absolute Gasteiger partial charge is 0.393 e. The molecule has 0 bridgehead atoms. The molecule has 1 heterocycles. The number of hydrogen-bond donors (Lipinski definition) is 3. The number of alkyl halides is 1. The molecular formula is C14H20ClNO3. The molecule has 1 aliphatic rings. The summed E-state index contributed by atoms with van der Waals surface area (Å²) in [6.07, 6.45) is -0.506. The van der Waals surface area contributed by atoms with E-state index in [-0.39, 0.29) is 12.0 Å². The van der Waals surface area contributed by atoms with Crippen LogP contribution < -0.4 is 4.90 Å². The molecule has 2 unspecified atom stereocenters. The van der Waals surface area contributed by atoms with Crippen molar-refractivity contribution in [1.29, 1.82) is 0 Å². The average Bonchev–Trinajstić information content (AvgIpc) is 2.46. The van der Waals surface area contributed by atoms with Crippen molar-refractivity contribution >= 4 is 17.3 Å². The molecule has 1 saturated heterocycles. The topological polar surface area (TPSA) is 63.9 Å². The van der Waals surface area contributed by atoms with Gasteiger partial charge in [0, 0.05) is 18.8 Å². The summed E-state index contributed by atoms with van der Waals surface area (Å²) in [5.41, 5.74) is 1.73. The first-order valence-electron chi connectivity index (χ1n) is 6.57. The smallest absolute Gasteiger partial charge is 0.106 e. The number of halogens is 1. The molecule has 4 nitrogen and oxygen atoms in total. The number of hydrogen-bond acceptors (Lipinski definition) is 4. The highest BCUT2D eigenvalue weighted by Crippen LogP contribution is 2.24. The second kappa shape index (κ2) is 6.57. The van der Waals surface area contributed by atoms with Crippen LogP contribution in [-0.4, -0.2) is 46.5 Å². The maximum absolute atomic E-state index is 9.84. The Morgan fingerprint density at radius 1 is 1.16 bits per heavy atom. The molecule has 106 valence electrons. The molecule has 2 atom stereocenters. The van der Waals surface area contributed by atoms with Crippen molar-refractivity contribution in [2.75, 3.05) is 23.9 Å². The first-order chi connectivity index (χ1) is 9.11. The molecule has 0 spiro atoms. The zero-order valence-electron chi connectivity index (χ0n) is 10.7. The highest BCUT2D eigenvalue weighted by atomic mass is 35.5. The van der Waals surface area contributed by atoms with Crippen molar-refractivity contribution in [1.82, 2.24) is 0 Å². The van der Waals surface area contributed by atoms with E-state index in [4.69, 9.17) is 11.6 Å². The minimum Gasteiger partial charge on any atom is -0.393 e. The van der Waals surface area contributed by atoms with Gasteiger partial charge in [0.15, 0.2) is 0 Å². The van der Waals surface area contributed by atoms with Gasteiger partial charge in [-0.2, -0.15) is 0 Å². The van der Waals surface area contributed by atoms with Crippen LogP contribution in [0.1, 0.15) is 24.5 Å². The number of benzene rings is 1. The lowest BCUT2D eigenvalue weighted by molar-refractivity contribution is 0.0327. The van der Waals surface area contributed by atoms with Crippen molar-refractivity contribution in [3.8, 4) is 0 Å². The van der Waals surface area contributed by atoms with E-state index in [0.717, 1.165) is 31.6 Å². The van der Waals surface area contributed by atoms with Gasteiger partial charge in [-0.3, -0.25) is 0 Å². The number of anilines is 1. The van der Waals surface area contributed by atoms with E-state index in [9.17, 15) is 15.3 Å². The first-order valence-corrected chi connectivity index (χ1v) is 7.10. The Hall–Kier alpha value is -0.810. The molecule has 1 aliphatic heterocycles. The normalized spacial score (nSPS) is 20.3. The lowest BCUT2D eigenvalue weighted by Crippen LogP contribution is -2.35. The molecule has 5 heteroatoms. The number of aliphatic hydroxyl groups is 3. The summed E-state index contributed by atoms with van der Waals surface area (Å²) < 4.78 is 0. The maximum atomic E-state index is 9.84. The van der Waals surface area contributed by atoms with E-state index in [2.05, 4.69) is 4.90 Å². The third kappa shape index (κ3) is 3.60. The van der Waals surface area contributed by atoms with Gasteiger partial charge in [0.2, 0.25) is 0 Å². The Morgan fingerprint density at radius 3 is 2.26 bits per heavy atom. The quantitative estimate of drug-likeness (QED) is 0.729. The summed E-state index contributed by atoms with van der Waals surface area (Å²) in [5, 5.41) is 28.8. The minimum absolute atomic E-state index is 0.00688. The van der Waals surface area contributed by atoms with Crippen LogP contribution in [0.25, 0.3) is 0 Å². The van der Waals surface area contributed by atoms with Crippen LogP contribution in [0.5, 0.6) is 0 Å². The number of piperidine rings is 1. The molecule has 2 rings (SSSR count). The lowest BCUT2D eigenvalue weighted by Gasteiger charge is -2.31. The molecule has 0 amide bonds. The Balaban J connectivity index is 2.02. The van der Waals surface area contributed by atoms with Crippen LogP contribution in [-0.2, 0) is 0 Å². The highest BCUT2D eigenvalue weighted by Gasteiger charge is 2.19. The second-order valence-electron chi connectivity index (χ2n) is 4.98. The number of nitrogens with zero attached hydrogens (tertiary/aromatic N) is 1. The van der Waals surface area contributed by atoms with E-state index >= 15 is 0 Å². The summed E-state index contributed by atoms with van der Waals surface area (Å²) in [6, 6.07) is 7.47. The average molecular weight is 286 g/mol. The van der Waals surface area contributed by atoms with Gasteiger partial charge < -0.3 is 20.2 Å². The van der Waals surface area contributed by atoms with E-state index in [0.29, 0.717) is 5.56 Å². The summed E-state index contributed by atoms with van der Waals surface area (Å²) in [4.78, 5) is 2.21. The van der Waals surface area contributed by atoms with Crippen LogP contribution in [0.4, 0.5) is 5.69 Å². The predicted octanol–water partition coefficient (Wildman–Crippen LogP) is 1.28. The molecule has 0 radical (unpaired) electrons. The van der Waals surface area contributed by atoms with Crippen molar-refractivity contribution in [2.45, 2.75) is 31.2 Å². The third-order valence-electron chi connectivity index (χ3n) is 3.59. The predicted molar refractivity (Wildman–Crippen MR) is 75.6 cm³/mol. The Kier molecular flexibility index (Phi) is 5.05. The van der Waals surface area contributed by atoms with Gasteiger partial charge in [0.1, 0.15) is 6.10 Å². The Morgan fingerprint density at radius 2 is 1.74 bits per heavy atom. The van der Waals surface area contributed by atoms with E-state index in [1.807, 2.05) is 12.1 Å². The van der Waals surface area contributed by atoms with Gasteiger partial charge >= 0.3 is 0 Å². The van der Waals surface area contributed by atoms with Crippen LogP contribution in [0.15, 0.2) is 24.3 Å². The van der Waals surface area contributed by atoms with Crippen LogP contribution in [0.3, 0.4) is 0 Å². The molecule has 0 saturated carbocycles. The molecule has 0 aliphatic carbocycles. The summed E-state index contributed by atoms with van der Waals surface area (Å²) >= 11 is 5.52. The number of rotatable bonds is 4. The minimum atomic E-state index is -0.949. The second-order valence-corrected chi connectivity index (χ2v) is 5.28. The SMILES string of the molecule is OC1CCN(c2ccc(C(O)C(O)CCl)cc2)CC1. The zero-order valence-corrected chi connectivity index (χ0v) is 11.5. The number of aliphatic hydroxyl groups excluding tert-OH is 3. The Bertz CT molecular complexity index is 390. The molecule has 1 fully saturated rings. The van der Waals surface area contributed by atoms with Crippen LogP contribution in [0, 0.1) is 0 Å². The first kappa shape index (κ1) is 14.6. The molecule has 0 aromatic heterocycles. The van der Waals surface area contributed by atoms with Crippen LogP contribution in [0.2, 0.25) is 0 Å². The molecule has 3 N–H and O–H groups in total. The van der Waals surface area contributed by atoms with Gasteiger partial charge in [0.05, 0.1) is 18.1 Å². The van der Waals surface area contributed by atoms with E-state index in [1.54, 1.807) is 12.1 Å².